The number of nitrogens with zero attached hydrogens (tertiary/aromatic N) is 2. The summed E-state index contributed by atoms with van der Waals surface area (Å²) in [5.74, 6) is 0.597. The van der Waals surface area contributed by atoms with Gasteiger partial charge >= 0.3 is 0 Å². The van der Waals surface area contributed by atoms with Gasteiger partial charge in [0.15, 0.2) is 0 Å². The number of hydrogen-bond acceptors (Lipinski definition) is 3. The zero-order valence-corrected chi connectivity index (χ0v) is 10.1. The summed E-state index contributed by atoms with van der Waals surface area (Å²) in [4.78, 5) is 6.53. The predicted octanol–water partition coefficient (Wildman–Crippen LogP) is 1.92. The fourth-order valence-electron chi connectivity index (χ4n) is 1.56. The molecule has 0 aliphatic carbocycles. The third kappa shape index (κ3) is 3.88. The van der Waals surface area contributed by atoms with Crippen LogP contribution in [0, 0.1) is 5.92 Å². The molecule has 0 aliphatic heterocycles. The molecule has 0 fully saturated rings. The second-order valence-electron chi connectivity index (χ2n) is 4.72. The SMILES string of the molecule is CC(C)Cc1ncc(CN(C)C)cc1N. The van der Waals surface area contributed by atoms with Crippen molar-refractivity contribution in [2.24, 2.45) is 5.92 Å². The van der Waals surface area contributed by atoms with Crippen LogP contribution in [0.2, 0.25) is 0 Å². The lowest BCUT2D eigenvalue weighted by Gasteiger charge is -2.12. The fraction of sp³-hybridized carbons (Fsp3) is 0.583. The predicted molar refractivity (Wildman–Crippen MR) is 64.6 cm³/mol. The highest BCUT2D eigenvalue weighted by molar-refractivity contribution is 5.45. The molecule has 1 aromatic rings. The Morgan fingerprint density at radius 3 is 2.53 bits per heavy atom. The van der Waals surface area contributed by atoms with Crippen LogP contribution < -0.4 is 5.73 Å². The van der Waals surface area contributed by atoms with Gasteiger partial charge in [-0.3, -0.25) is 4.98 Å². The number of aromatic nitrogens is 1. The molecule has 0 atom stereocenters. The van der Waals surface area contributed by atoms with Crippen molar-refractivity contribution in [2.75, 3.05) is 19.8 Å². The van der Waals surface area contributed by atoms with E-state index < -0.39 is 0 Å². The number of nitrogens with two attached hydrogens (primary N) is 1. The maximum absolute atomic E-state index is 5.96. The van der Waals surface area contributed by atoms with Gasteiger partial charge in [-0.05, 0) is 38.1 Å². The van der Waals surface area contributed by atoms with Gasteiger partial charge in [0.2, 0.25) is 0 Å². The molecule has 0 aromatic carbocycles. The van der Waals surface area contributed by atoms with Crippen molar-refractivity contribution in [3.63, 3.8) is 0 Å². The summed E-state index contributed by atoms with van der Waals surface area (Å²) < 4.78 is 0. The average molecular weight is 207 g/mol. The van der Waals surface area contributed by atoms with Gasteiger partial charge in [-0.1, -0.05) is 13.8 Å². The van der Waals surface area contributed by atoms with E-state index >= 15 is 0 Å². The Labute approximate surface area is 92.3 Å². The van der Waals surface area contributed by atoms with E-state index in [1.807, 2.05) is 26.4 Å². The van der Waals surface area contributed by atoms with Crippen LogP contribution in [0.25, 0.3) is 0 Å². The molecule has 0 saturated heterocycles. The molecule has 0 unspecified atom stereocenters. The minimum absolute atomic E-state index is 0.597. The van der Waals surface area contributed by atoms with Crippen LogP contribution in [-0.2, 0) is 13.0 Å². The van der Waals surface area contributed by atoms with Gasteiger partial charge in [0.25, 0.3) is 0 Å². The maximum Gasteiger partial charge on any atom is 0.0635 e. The first kappa shape index (κ1) is 12.0. The summed E-state index contributed by atoms with van der Waals surface area (Å²) in [6.07, 6.45) is 2.88. The summed E-state index contributed by atoms with van der Waals surface area (Å²) in [6, 6.07) is 2.03. The summed E-state index contributed by atoms with van der Waals surface area (Å²) in [5.41, 5.74) is 8.98. The highest BCUT2D eigenvalue weighted by Gasteiger charge is 2.05. The van der Waals surface area contributed by atoms with Crippen molar-refractivity contribution in [3.05, 3.63) is 23.5 Å². The average Bonchev–Trinajstić information content (AvgIpc) is 2.08. The van der Waals surface area contributed by atoms with Crippen LogP contribution in [0.15, 0.2) is 12.3 Å². The summed E-state index contributed by atoms with van der Waals surface area (Å²) >= 11 is 0. The van der Waals surface area contributed by atoms with Gasteiger partial charge in [0.05, 0.1) is 11.4 Å². The number of anilines is 1. The zero-order chi connectivity index (χ0) is 11.4. The molecule has 1 heterocycles. The molecule has 0 aliphatic rings. The molecule has 0 amide bonds. The summed E-state index contributed by atoms with van der Waals surface area (Å²) in [6.45, 7) is 5.24. The highest BCUT2D eigenvalue weighted by Crippen LogP contribution is 2.15. The standard InChI is InChI=1S/C12H21N3/c1-9(2)5-12-11(13)6-10(7-14-12)8-15(3)4/h6-7,9H,5,8,13H2,1-4H3. The van der Waals surface area contributed by atoms with Crippen molar-refractivity contribution in [2.45, 2.75) is 26.8 Å². The Morgan fingerprint density at radius 1 is 1.40 bits per heavy atom. The topological polar surface area (TPSA) is 42.2 Å². The molecule has 0 spiro atoms. The Balaban J connectivity index is 2.78. The summed E-state index contributed by atoms with van der Waals surface area (Å²) in [7, 11) is 4.08. The molecule has 0 radical (unpaired) electrons. The number of nitrogen functional groups attached to an aromatic ring is 1. The Bertz CT molecular complexity index is 319. The molecule has 0 bridgehead atoms. The van der Waals surface area contributed by atoms with Gasteiger partial charge in [0, 0.05) is 12.7 Å². The van der Waals surface area contributed by atoms with Gasteiger partial charge in [-0.25, -0.2) is 0 Å². The molecular formula is C12H21N3. The molecule has 15 heavy (non-hydrogen) atoms. The van der Waals surface area contributed by atoms with Crippen molar-refractivity contribution in [1.82, 2.24) is 9.88 Å². The van der Waals surface area contributed by atoms with E-state index in [0.29, 0.717) is 5.92 Å². The quantitative estimate of drug-likeness (QED) is 0.820. The third-order valence-corrected chi connectivity index (χ3v) is 2.16. The largest absolute Gasteiger partial charge is 0.397 e. The van der Waals surface area contributed by atoms with Crippen LogP contribution in [0.1, 0.15) is 25.1 Å². The molecule has 0 saturated carbocycles. The molecule has 3 heteroatoms. The van der Waals surface area contributed by atoms with Crippen LogP contribution in [0.3, 0.4) is 0 Å². The van der Waals surface area contributed by atoms with E-state index in [1.165, 1.54) is 5.56 Å². The van der Waals surface area contributed by atoms with Crippen LogP contribution in [0.5, 0.6) is 0 Å². The van der Waals surface area contributed by atoms with Crippen LogP contribution in [-0.4, -0.2) is 24.0 Å². The van der Waals surface area contributed by atoms with E-state index in [1.54, 1.807) is 0 Å². The first-order valence-corrected chi connectivity index (χ1v) is 5.37. The number of rotatable bonds is 4. The lowest BCUT2D eigenvalue weighted by molar-refractivity contribution is 0.402. The third-order valence-electron chi connectivity index (χ3n) is 2.16. The van der Waals surface area contributed by atoms with Crippen LogP contribution in [0.4, 0.5) is 5.69 Å². The highest BCUT2D eigenvalue weighted by atomic mass is 15.0. The minimum Gasteiger partial charge on any atom is -0.397 e. The second kappa shape index (κ2) is 5.12. The second-order valence-corrected chi connectivity index (χ2v) is 4.72. The van der Waals surface area contributed by atoms with Gasteiger partial charge in [-0.15, -0.1) is 0 Å². The van der Waals surface area contributed by atoms with Crippen molar-refractivity contribution in [3.8, 4) is 0 Å². The van der Waals surface area contributed by atoms with E-state index in [4.69, 9.17) is 5.73 Å². The van der Waals surface area contributed by atoms with E-state index in [-0.39, 0.29) is 0 Å². The Kier molecular flexibility index (Phi) is 4.09. The van der Waals surface area contributed by atoms with Gasteiger partial charge in [0.1, 0.15) is 0 Å². The Hall–Kier alpha value is -1.09. The fourth-order valence-corrected chi connectivity index (χ4v) is 1.56. The lowest BCUT2D eigenvalue weighted by Crippen LogP contribution is -2.12. The Morgan fingerprint density at radius 2 is 2.07 bits per heavy atom. The van der Waals surface area contributed by atoms with E-state index in [2.05, 4.69) is 23.7 Å². The maximum atomic E-state index is 5.96. The zero-order valence-electron chi connectivity index (χ0n) is 10.1. The summed E-state index contributed by atoms with van der Waals surface area (Å²) in [5, 5.41) is 0. The van der Waals surface area contributed by atoms with Crippen molar-refractivity contribution < 1.29 is 0 Å². The van der Waals surface area contributed by atoms with Crippen molar-refractivity contribution >= 4 is 5.69 Å². The van der Waals surface area contributed by atoms with Crippen molar-refractivity contribution in [1.29, 1.82) is 0 Å². The van der Waals surface area contributed by atoms with Gasteiger partial charge in [-0.2, -0.15) is 0 Å². The van der Waals surface area contributed by atoms with Crippen LogP contribution >= 0.6 is 0 Å². The molecular weight excluding hydrogens is 186 g/mol. The van der Waals surface area contributed by atoms with E-state index in [9.17, 15) is 0 Å². The minimum atomic E-state index is 0.597. The molecule has 1 aromatic heterocycles. The van der Waals surface area contributed by atoms with E-state index in [0.717, 1.165) is 24.3 Å². The number of hydrogen-bond donors (Lipinski definition) is 1. The molecule has 84 valence electrons. The first-order chi connectivity index (χ1) is 6.99. The van der Waals surface area contributed by atoms with Gasteiger partial charge < -0.3 is 10.6 Å². The first-order valence-electron chi connectivity index (χ1n) is 5.37. The number of pyridine rings is 1. The normalized spacial score (nSPS) is 11.3. The molecule has 3 nitrogen and oxygen atoms in total. The molecule has 2 N–H and O–H groups in total. The molecule has 1 rings (SSSR count). The monoisotopic (exact) mass is 207 g/mol. The lowest BCUT2D eigenvalue weighted by atomic mass is 10.1. The smallest absolute Gasteiger partial charge is 0.0635 e.